The number of benzene rings is 2. The number of Topliss-reactive ketones (excluding diaryl/α,β-unsaturated/α-hetero) is 1. The smallest absolute Gasteiger partial charge is 0.214 e. The van der Waals surface area contributed by atoms with Crippen molar-refractivity contribution in [1.82, 2.24) is 20.2 Å². The largest absolute Gasteiger partial charge is 0.293 e. The van der Waals surface area contributed by atoms with E-state index < -0.39 is 0 Å². The fraction of sp³-hybridized carbons (Fsp3) is 0.300. The van der Waals surface area contributed by atoms with Gasteiger partial charge in [-0.2, -0.15) is 4.68 Å². The maximum atomic E-state index is 13.0. The molecule has 0 aliphatic carbocycles. The summed E-state index contributed by atoms with van der Waals surface area (Å²) < 4.78 is 1.69. The predicted octanol–water partition coefficient (Wildman–Crippen LogP) is 4.26. The summed E-state index contributed by atoms with van der Waals surface area (Å²) in [6.45, 7) is 9.98. The Hall–Kier alpha value is -2.47. The van der Waals surface area contributed by atoms with Gasteiger partial charge in [0.25, 0.3) is 0 Å². The third-order valence-electron chi connectivity index (χ3n) is 4.54. The maximum Gasteiger partial charge on any atom is 0.214 e. The van der Waals surface area contributed by atoms with E-state index in [1.807, 2.05) is 58.0 Å². The number of nitrogens with zero attached hydrogens (tertiary/aromatic N) is 4. The second-order valence-electron chi connectivity index (χ2n) is 6.54. The molecule has 3 rings (SSSR count). The highest BCUT2D eigenvalue weighted by Gasteiger charge is 2.22. The van der Waals surface area contributed by atoms with Crippen LogP contribution in [0.5, 0.6) is 0 Å². The van der Waals surface area contributed by atoms with Crippen LogP contribution < -0.4 is 0 Å². The average molecular weight is 366 g/mol. The molecule has 5 nitrogen and oxygen atoms in total. The number of hydrogen-bond acceptors (Lipinski definition) is 5. The molecule has 0 N–H and O–H groups in total. The number of thioether (sulfide) groups is 1. The third-order valence-corrected chi connectivity index (χ3v) is 5.58. The molecule has 0 fully saturated rings. The monoisotopic (exact) mass is 366 g/mol. The SMILES string of the molecule is Cc1cc(C)c(C(=O)C(C)Sc2nnnn2-c2ccccc2C)cc1C. The summed E-state index contributed by atoms with van der Waals surface area (Å²) in [5, 5.41) is 12.3. The molecule has 0 amide bonds. The van der Waals surface area contributed by atoms with Crippen LogP contribution in [0.2, 0.25) is 0 Å². The summed E-state index contributed by atoms with van der Waals surface area (Å²) in [5.41, 5.74) is 6.09. The van der Waals surface area contributed by atoms with Crippen molar-refractivity contribution in [2.75, 3.05) is 0 Å². The topological polar surface area (TPSA) is 60.7 Å². The van der Waals surface area contributed by atoms with Crippen LogP contribution in [0.25, 0.3) is 5.69 Å². The van der Waals surface area contributed by atoms with Gasteiger partial charge in [-0.05, 0) is 79.4 Å². The van der Waals surface area contributed by atoms with E-state index in [0.29, 0.717) is 5.16 Å². The van der Waals surface area contributed by atoms with E-state index in [1.165, 1.54) is 17.3 Å². The van der Waals surface area contributed by atoms with E-state index >= 15 is 0 Å². The molecule has 1 atom stereocenters. The molecule has 1 aromatic heterocycles. The lowest BCUT2D eigenvalue weighted by molar-refractivity contribution is 0.0993. The van der Waals surface area contributed by atoms with E-state index in [0.717, 1.165) is 27.9 Å². The van der Waals surface area contributed by atoms with E-state index in [9.17, 15) is 4.79 Å². The van der Waals surface area contributed by atoms with E-state index in [-0.39, 0.29) is 11.0 Å². The van der Waals surface area contributed by atoms with Crippen molar-refractivity contribution in [3.8, 4) is 5.69 Å². The Balaban J connectivity index is 1.87. The van der Waals surface area contributed by atoms with Crippen LogP contribution in [0.3, 0.4) is 0 Å². The van der Waals surface area contributed by atoms with Crippen molar-refractivity contribution in [3.63, 3.8) is 0 Å². The summed E-state index contributed by atoms with van der Waals surface area (Å²) in [5.74, 6) is 0.0925. The first-order valence-corrected chi connectivity index (χ1v) is 9.39. The lowest BCUT2D eigenvalue weighted by Gasteiger charge is -2.14. The Kier molecular flexibility index (Phi) is 5.23. The first-order chi connectivity index (χ1) is 12.4. The minimum absolute atomic E-state index is 0.0925. The number of rotatable bonds is 5. The first-order valence-electron chi connectivity index (χ1n) is 8.51. The molecule has 1 heterocycles. The lowest BCUT2D eigenvalue weighted by Crippen LogP contribution is -2.16. The minimum Gasteiger partial charge on any atom is -0.293 e. The van der Waals surface area contributed by atoms with Crippen molar-refractivity contribution >= 4 is 17.5 Å². The number of carbonyl (C=O) groups excluding carboxylic acids is 1. The summed E-state index contributed by atoms with van der Waals surface area (Å²) in [7, 11) is 0. The van der Waals surface area contributed by atoms with Gasteiger partial charge in [0.1, 0.15) is 0 Å². The van der Waals surface area contributed by atoms with Gasteiger partial charge in [-0.25, -0.2) is 0 Å². The average Bonchev–Trinajstić information content (AvgIpc) is 3.05. The zero-order valence-corrected chi connectivity index (χ0v) is 16.5. The predicted molar refractivity (Wildman–Crippen MR) is 104 cm³/mol. The fourth-order valence-corrected chi connectivity index (χ4v) is 3.73. The second-order valence-corrected chi connectivity index (χ2v) is 7.84. The van der Waals surface area contributed by atoms with Crippen molar-refractivity contribution < 1.29 is 4.79 Å². The zero-order valence-electron chi connectivity index (χ0n) is 15.6. The highest BCUT2D eigenvalue weighted by Crippen LogP contribution is 2.27. The lowest BCUT2D eigenvalue weighted by atomic mass is 9.97. The van der Waals surface area contributed by atoms with Crippen LogP contribution in [-0.2, 0) is 0 Å². The van der Waals surface area contributed by atoms with Gasteiger partial charge in [0.15, 0.2) is 5.78 Å². The summed E-state index contributed by atoms with van der Waals surface area (Å²) in [6, 6.07) is 12.0. The molecule has 0 radical (unpaired) electrons. The fourth-order valence-electron chi connectivity index (χ4n) is 2.86. The Morgan fingerprint density at radius 3 is 2.42 bits per heavy atom. The van der Waals surface area contributed by atoms with Crippen molar-refractivity contribution in [3.05, 3.63) is 64.2 Å². The molecule has 134 valence electrons. The zero-order chi connectivity index (χ0) is 18.8. The molecule has 6 heteroatoms. The number of hydrogen-bond donors (Lipinski definition) is 0. The summed E-state index contributed by atoms with van der Waals surface area (Å²) in [4.78, 5) is 13.0. The molecule has 26 heavy (non-hydrogen) atoms. The van der Waals surface area contributed by atoms with E-state index in [1.54, 1.807) is 4.68 Å². The number of carbonyl (C=O) groups is 1. The summed E-state index contributed by atoms with van der Waals surface area (Å²) in [6.07, 6.45) is 0. The van der Waals surface area contributed by atoms with Gasteiger partial charge in [-0.3, -0.25) is 4.79 Å². The van der Waals surface area contributed by atoms with Gasteiger partial charge in [-0.15, -0.1) is 5.10 Å². The number of tetrazole rings is 1. The number of aryl methyl sites for hydroxylation is 4. The van der Waals surface area contributed by atoms with Crippen LogP contribution in [-0.4, -0.2) is 31.2 Å². The molecule has 2 aromatic carbocycles. The van der Waals surface area contributed by atoms with Gasteiger partial charge < -0.3 is 0 Å². The molecule has 1 unspecified atom stereocenters. The Morgan fingerprint density at radius 2 is 1.69 bits per heavy atom. The van der Waals surface area contributed by atoms with Gasteiger partial charge >= 0.3 is 0 Å². The highest BCUT2D eigenvalue weighted by molar-refractivity contribution is 8.00. The van der Waals surface area contributed by atoms with Crippen LogP contribution in [0.4, 0.5) is 0 Å². The molecular weight excluding hydrogens is 344 g/mol. The van der Waals surface area contributed by atoms with Crippen LogP contribution in [0.1, 0.15) is 39.5 Å². The Morgan fingerprint density at radius 1 is 1.00 bits per heavy atom. The second kappa shape index (κ2) is 7.41. The maximum absolute atomic E-state index is 13.0. The van der Waals surface area contributed by atoms with Gasteiger partial charge in [-0.1, -0.05) is 36.0 Å². The van der Waals surface area contributed by atoms with Crippen LogP contribution >= 0.6 is 11.8 Å². The Bertz CT molecular complexity index is 964. The van der Waals surface area contributed by atoms with Gasteiger partial charge in [0.05, 0.1) is 10.9 Å². The minimum atomic E-state index is -0.287. The van der Waals surface area contributed by atoms with Gasteiger partial charge in [0, 0.05) is 5.56 Å². The van der Waals surface area contributed by atoms with Crippen LogP contribution in [0, 0.1) is 27.7 Å². The quantitative estimate of drug-likeness (QED) is 0.499. The van der Waals surface area contributed by atoms with E-state index in [4.69, 9.17) is 0 Å². The first kappa shape index (κ1) is 18.3. The molecule has 0 saturated heterocycles. The number of aromatic nitrogens is 4. The van der Waals surface area contributed by atoms with Crippen molar-refractivity contribution in [1.29, 1.82) is 0 Å². The number of ketones is 1. The summed E-state index contributed by atoms with van der Waals surface area (Å²) >= 11 is 1.38. The molecule has 0 bridgehead atoms. The van der Waals surface area contributed by atoms with E-state index in [2.05, 4.69) is 28.5 Å². The standard InChI is InChI=1S/C20H22N4OS/c1-12-8-6-7-9-18(12)24-20(21-22-23-24)26-16(5)19(25)17-11-14(3)13(2)10-15(17)4/h6-11,16H,1-5H3. The normalized spacial score (nSPS) is 12.2. The molecule has 0 aliphatic heterocycles. The molecule has 0 saturated carbocycles. The molecule has 0 spiro atoms. The van der Waals surface area contributed by atoms with Crippen LogP contribution in [0.15, 0.2) is 41.6 Å². The van der Waals surface area contributed by atoms with Crippen molar-refractivity contribution in [2.24, 2.45) is 0 Å². The molecular formula is C20H22N4OS. The third kappa shape index (κ3) is 3.55. The van der Waals surface area contributed by atoms with Gasteiger partial charge in [0.2, 0.25) is 5.16 Å². The number of para-hydroxylation sites is 1. The highest BCUT2D eigenvalue weighted by atomic mass is 32.2. The Labute approximate surface area is 157 Å². The molecule has 3 aromatic rings. The molecule has 0 aliphatic rings. The van der Waals surface area contributed by atoms with Crippen molar-refractivity contribution in [2.45, 2.75) is 45.0 Å².